The third-order valence-corrected chi connectivity index (χ3v) is 6.84. The van der Waals surface area contributed by atoms with Gasteiger partial charge in [-0.1, -0.05) is 12.1 Å². The molecule has 2 aromatic heterocycles. The molecule has 1 aliphatic rings. The van der Waals surface area contributed by atoms with Crippen molar-refractivity contribution < 1.29 is 14.7 Å². The van der Waals surface area contributed by atoms with Crippen LogP contribution in [0, 0.1) is 6.92 Å². The number of carbonyl (C=O) groups is 2. The number of amides is 2. The standard InChI is InChI=1S/C26H23N5O4S/c1-16-20(4-3-5-22(16)31-12-11-30(26(31)35)19-10-13-36-15-19)21-14-29(2)24(32)23(28-21)27-18-8-6-17(7-9-18)25(33)34/h3-10,13-15H,11-12H2,1-2H3,(H,27,28)(H,33,34). The van der Waals surface area contributed by atoms with Crippen LogP contribution in [0.25, 0.3) is 11.3 Å². The Balaban J connectivity index is 1.47. The van der Waals surface area contributed by atoms with Gasteiger partial charge in [-0.2, -0.15) is 11.3 Å². The molecule has 0 saturated carbocycles. The van der Waals surface area contributed by atoms with Crippen molar-refractivity contribution in [2.45, 2.75) is 6.92 Å². The van der Waals surface area contributed by atoms with Gasteiger partial charge in [-0.25, -0.2) is 14.6 Å². The van der Waals surface area contributed by atoms with Gasteiger partial charge >= 0.3 is 12.0 Å². The zero-order valence-corrected chi connectivity index (χ0v) is 20.5. The number of benzene rings is 2. The molecule has 0 bridgehead atoms. The number of nitrogens with one attached hydrogen (secondary N) is 1. The monoisotopic (exact) mass is 501 g/mol. The number of thiophene rings is 1. The first-order valence-corrected chi connectivity index (χ1v) is 12.2. The Morgan fingerprint density at radius 2 is 1.81 bits per heavy atom. The van der Waals surface area contributed by atoms with Gasteiger partial charge in [-0.05, 0) is 54.3 Å². The van der Waals surface area contributed by atoms with Crippen LogP contribution < -0.4 is 20.7 Å². The summed E-state index contributed by atoms with van der Waals surface area (Å²) in [6, 6.07) is 13.7. The van der Waals surface area contributed by atoms with Crippen LogP contribution in [0.4, 0.5) is 27.7 Å². The van der Waals surface area contributed by atoms with E-state index < -0.39 is 5.97 Å². The van der Waals surface area contributed by atoms with Crippen molar-refractivity contribution in [3.8, 4) is 11.3 Å². The lowest BCUT2D eigenvalue weighted by molar-refractivity contribution is 0.0697. The minimum absolute atomic E-state index is 0.0748. The van der Waals surface area contributed by atoms with Gasteiger partial charge in [0.15, 0.2) is 5.82 Å². The van der Waals surface area contributed by atoms with E-state index in [4.69, 9.17) is 5.11 Å². The lowest BCUT2D eigenvalue weighted by Crippen LogP contribution is -2.31. The molecule has 0 aliphatic carbocycles. The van der Waals surface area contributed by atoms with Crippen molar-refractivity contribution in [2.24, 2.45) is 7.05 Å². The van der Waals surface area contributed by atoms with Crippen molar-refractivity contribution >= 4 is 46.2 Å². The average Bonchev–Trinajstić information content (AvgIpc) is 3.52. The zero-order chi connectivity index (χ0) is 25.4. The Hall–Kier alpha value is -4.44. The minimum Gasteiger partial charge on any atom is -0.478 e. The molecule has 0 unspecified atom stereocenters. The van der Waals surface area contributed by atoms with Gasteiger partial charge in [-0.15, -0.1) is 0 Å². The molecule has 4 aromatic rings. The summed E-state index contributed by atoms with van der Waals surface area (Å²) in [7, 11) is 1.65. The summed E-state index contributed by atoms with van der Waals surface area (Å²) in [5.74, 6) is -0.911. The number of hydrogen-bond acceptors (Lipinski definition) is 6. The number of anilines is 4. The molecule has 1 aliphatic heterocycles. The highest BCUT2D eigenvalue weighted by molar-refractivity contribution is 7.08. The zero-order valence-electron chi connectivity index (χ0n) is 19.6. The second-order valence-electron chi connectivity index (χ2n) is 8.42. The van der Waals surface area contributed by atoms with E-state index in [2.05, 4.69) is 10.3 Å². The summed E-state index contributed by atoms with van der Waals surface area (Å²) >= 11 is 1.55. The number of nitrogens with zero attached hydrogens (tertiary/aromatic N) is 4. The van der Waals surface area contributed by atoms with Crippen LogP contribution in [0.5, 0.6) is 0 Å². The number of aromatic nitrogens is 2. The normalized spacial score (nSPS) is 13.3. The maximum atomic E-state index is 13.2. The van der Waals surface area contributed by atoms with Crippen molar-refractivity contribution in [1.82, 2.24) is 9.55 Å². The summed E-state index contributed by atoms with van der Waals surface area (Å²) in [6.45, 7) is 3.11. The fourth-order valence-electron chi connectivity index (χ4n) is 4.25. The number of rotatable bonds is 6. The Morgan fingerprint density at radius 1 is 1.06 bits per heavy atom. The molecule has 182 valence electrons. The topological polar surface area (TPSA) is 108 Å². The number of carboxylic acids is 1. The molecule has 2 amide bonds. The molecule has 0 atom stereocenters. The molecule has 10 heteroatoms. The summed E-state index contributed by atoms with van der Waals surface area (Å²) in [4.78, 5) is 45.2. The highest BCUT2D eigenvalue weighted by Gasteiger charge is 2.32. The van der Waals surface area contributed by atoms with Crippen molar-refractivity contribution in [1.29, 1.82) is 0 Å². The molecular formula is C26H23N5O4S. The molecule has 1 fully saturated rings. The van der Waals surface area contributed by atoms with E-state index in [1.165, 1.54) is 16.7 Å². The third kappa shape index (κ3) is 4.22. The summed E-state index contributed by atoms with van der Waals surface area (Å²) in [5.41, 5.74) is 4.31. The van der Waals surface area contributed by atoms with Crippen LogP contribution in [0.3, 0.4) is 0 Å². The molecule has 36 heavy (non-hydrogen) atoms. The van der Waals surface area contributed by atoms with Gasteiger partial charge in [0.05, 0.1) is 16.9 Å². The Kier molecular flexibility index (Phi) is 6.03. The molecule has 0 radical (unpaired) electrons. The van der Waals surface area contributed by atoms with Gasteiger partial charge in [0.2, 0.25) is 0 Å². The van der Waals surface area contributed by atoms with E-state index >= 15 is 0 Å². The first-order valence-electron chi connectivity index (χ1n) is 11.2. The summed E-state index contributed by atoms with van der Waals surface area (Å²) < 4.78 is 1.45. The maximum Gasteiger partial charge on any atom is 0.335 e. The average molecular weight is 502 g/mol. The lowest BCUT2D eigenvalue weighted by atomic mass is 10.0. The Morgan fingerprint density at radius 3 is 2.50 bits per heavy atom. The first kappa shape index (κ1) is 23.3. The van der Waals surface area contributed by atoms with Gasteiger partial charge < -0.3 is 15.0 Å². The van der Waals surface area contributed by atoms with Gasteiger partial charge in [0.25, 0.3) is 5.56 Å². The quantitative estimate of drug-likeness (QED) is 0.396. The Labute approximate surface area is 210 Å². The van der Waals surface area contributed by atoms with Crippen LogP contribution in [-0.2, 0) is 7.05 Å². The minimum atomic E-state index is -1.03. The summed E-state index contributed by atoms with van der Waals surface area (Å²) in [5, 5.41) is 16.0. The fourth-order valence-corrected chi connectivity index (χ4v) is 4.90. The van der Waals surface area contributed by atoms with E-state index in [0.717, 1.165) is 22.5 Å². The highest BCUT2D eigenvalue weighted by Crippen LogP contribution is 2.33. The molecule has 2 N–H and O–H groups in total. The molecular weight excluding hydrogens is 478 g/mol. The molecule has 2 aromatic carbocycles. The number of aromatic carboxylic acids is 1. The SMILES string of the molecule is Cc1c(-c2cn(C)c(=O)c(Nc3ccc(C(=O)O)cc3)n2)cccc1N1CCN(c2ccsc2)C1=O. The predicted octanol–water partition coefficient (Wildman–Crippen LogP) is 4.71. The Bertz CT molecular complexity index is 1510. The third-order valence-electron chi connectivity index (χ3n) is 6.16. The maximum absolute atomic E-state index is 13.2. The van der Waals surface area contributed by atoms with Crippen molar-refractivity contribution in [3.63, 3.8) is 0 Å². The largest absolute Gasteiger partial charge is 0.478 e. The second kappa shape index (κ2) is 9.31. The van der Waals surface area contributed by atoms with Gasteiger partial charge in [0.1, 0.15) is 0 Å². The molecule has 3 heterocycles. The number of aryl methyl sites for hydroxylation is 1. The molecule has 0 spiro atoms. The van der Waals surface area contributed by atoms with E-state index in [1.54, 1.807) is 46.5 Å². The second-order valence-corrected chi connectivity index (χ2v) is 9.20. The smallest absolute Gasteiger partial charge is 0.335 e. The van der Waals surface area contributed by atoms with E-state index in [9.17, 15) is 14.4 Å². The van der Waals surface area contributed by atoms with Crippen LogP contribution in [0.1, 0.15) is 15.9 Å². The molecule has 5 rings (SSSR count). The number of urea groups is 1. The summed E-state index contributed by atoms with van der Waals surface area (Å²) in [6.07, 6.45) is 1.66. The number of carboxylic acid groups (broad SMARTS) is 1. The number of hydrogen-bond donors (Lipinski definition) is 2. The van der Waals surface area contributed by atoms with Crippen LogP contribution in [0.2, 0.25) is 0 Å². The van der Waals surface area contributed by atoms with Gasteiger partial charge in [-0.3, -0.25) is 14.6 Å². The van der Waals surface area contributed by atoms with E-state index in [1.807, 2.05) is 41.9 Å². The number of carbonyl (C=O) groups excluding carboxylic acids is 1. The fraction of sp³-hybridized carbons (Fsp3) is 0.154. The van der Waals surface area contributed by atoms with E-state index in [0.29, 0.717) is 24.5 Å². The van der Waals surface area contributed by atoms with Crippen molar-refractivity contribution in [3.05, 3.63) is 87.0 Å². The van der Waals surface area contributed by atoms with Crippen LogP contribution in [-0.4, -0.2) is 39.7 Å². The first-order chi connectivity index (χ1) is 17.3. The predicted molar refractivity (Wildman–Crippen MR) is 141 cm³/mol. The van der Waals surface area contributed by atoms with Crippen LogP contribution >= 0.6 is 11.3 Å². The lowest BCUT2D eigenvalue weighted by Gasteiger charge is -2.21. The van der Waals surface area contributed by atoms with Crippen LogP contribution in [0.15, 0.2) is 70.3 Å². The molecule has 1 saturated heterocycles. The highest BCUT2D eigenvalue weighted by atomic mass is 32.1. The van der Waals surface area contributed by atoms with E-state index in [-0.39, 0.29) is 23.0 Å². The van der Waals surface area contributed by atoms with Crippen molar-refractivity contribution in [2.75, 3.05) is 28.2 Å². The molecule has 9 nitrogen and oxygen atoms in total. The van der Waals surface area contributed by atoms with Gasteiger partial charge in [0, 0.05) is 48.7 Å².